The average molecular weight is 398 g/mol. The van der Waals surface area contributed by atoms with Gasteiger partial charge in [-0.15, -0.1) is 0 Å². The molecular weight excluding hydrogens is 380 g/mol. The Hall–Kier alpha value is -3.00. The van der Waals surface area contributed by atoms with Crippen LogP contribution < -0.4 is 14.8 Å². The van der Waals surface area contributed by atoms with Crippen LogP contribution in [0.3, 0.4) is 0 Å². The highest BCUT2D eigenvalue weighted by Gasteiger charge is 2.33. The van der Waals surface area contributed by atoms with Crippen LogP contribution in [0.5, 0.6) is 11.5 Å². The lowest BCUT2D eigenvalue weighted by Crippen LogP contribution is -2.16. The Morgan fingerprint density at radius 3 is 2.46 bits per heavy atom. The van der Waals surface area contributed by atoms with Gasteiger partial charge in [-0.05, 0) is 37.1 Å². The van der Waals surface area contributed by atoms with E-state index >= 15 is 0 Å². The van der Waals surface area contributed by atoms with Crippen LogP contribution in [-0.2, 0) is 9.84 Å². The molecule has 0 radical (unpaired) electrons. The fourth-order valence-corrected chi connectivity index (χ4v) is 4.28. The van der Waals surface area contributed by atoms with Crippen LogP contribution in [-0.4, -0.2) is 32.7 Å². The third-order valence-corrected chi connectivity index (χ3v) is 6.27. The van der Waals surface area contributed by atoms with Crippen molar-refractivity contribution >= 4 is 15.7 Å². The van der Waals surface area contributed by atoms with Gasteiger partial charge in [-0.25, -0.2) is 8.42 Å². The maximum atomic E-state index is 13.3. The first-order chi connectivity index (χ1) is 13.6. The summed E-state index contributed by atoms with van der Waals surface area (Å²) in [6, 6.07) is 14.0. The summed E-state index contributed by atoms with van der Waals surface area (Å²) in [7, 11) is -3.91. The van der Waals surface area contributed by atoms with E-state index in [-0.39, 0.29) is 27.7 Å². The third kappa shape index (κ3) is 3.09. The number of rotatable bonds is 5. The molecule has 8 heteroatoms. The molecule has 1 fully saturated rings. The van der Waals surface area contributed by atoms with Crippen molar-refractivity contribution in [3.05, 3.63) is 48.5 Å². The van der Waals surface area contributed by atoms with Crippen molar-refractivity contribution in [3.63, 3.8) is 0 Å². The number of aromatic nitrogens is 1. The lowest BCUT2D eigenvalue weighted by Gasteiger charge is -2.18. The molecule has 28 heavy (non-hydrogen) atoms. The van der Waals surface area contributed by atoms with Crippen LogP contribution in [0, 0.1) is 0 Å². The van der Waals surface area contributed by atoms with Crippen LogP contribution in [0.15, 0.2) is 62.9 Å². The Morgan fingerprint density at radius 1 is 0.964 bits per heavy atom. The highest BCUT2D eigenvalue weighted by molar-refractivity contribution is 7.91. The molecule has 2 aliphatic rings. The van der Waals surface area contributed by atoms with Gasteiger partial charge in [0.05, 0.1) is 4.90 Å². The van der Waals surface area contributed by atoms with E-state index in [4.69, 9.17) is 13.9 Å². The number of anilines is 1. The predicted molar refractivity (Wildman–Crippen MR) is 101 cm³/mol. The van der Waals surface area contributed by atoms with Crippen molar-refractivity contribution < 1.29 is 22.3 Å². The third-order valence-electron chi connectivity index (χ3n) is 4.61. The van der Waals surface area contributed by atoms with Gasteiger partial charge in [0.15, 0.2) is 11.5 Å². The molecule has 1 aliphatic heterocycles. The van der Waals surface area contributed by atoms with Gasteiger partial charge in [-0.3, -0.25) is 0 Å². The van der Waals surface area contributed by atoms with Crippen LogP contribution in [0.25, 0.3) is 11.5 Å². The molecule has 0 saturated heterocycles. The zero-order valence-corrected chi connectivity index (χ0v) is 15.7. The number of benzene rings is 2. The van der Waals surface area contributed by atoms with Crippen LogP contribution in [0.2, 0.25) is 0 Å². The van der Waals surface area contributed by atoms with Gasteiger partial charge in [0.25, 0.3) is 0 Å². The summed E-state index contributed by atoms with van der Waals surface area (Å²) in [6.07, 6.45) is 1.95. The molecule has 0 amide bonds. The zero-order chi connectivity index (χ0) is 19.1. The summed E-state index contributed by atoms with van der Waals surface area (Å²) in [5, 5.41) is 3.03. The van der Waals surface area contributed by atoms with Crippen LogP contribution in [0.4, 0.5) is 5.88 Å². The van der Waals surface area contributed by atoms with Crippen LogP contribution in [0.1, 0.15) is 12.8 Å². The molecule has 144 valence electrons. The minimum atomic E-state index is -3.91. The van der Waals surface area contributed by atoms with E-state index in [0.29, 0.717) is 30.3 Å². The molecule has 1 aliphatic carbocycles. The molecule has 7 nitrogen and oxygen atoms in total. The second-order valence-electron chi connectivity index (χ2n) is 6.75. The summed E-state index contributed by atoms with van der Waals surface area (Å²) in [6.45, 7) is 0.825. The zero-order valence-electron chi connectivity index (χ0n) is 14.9. The van der Waals surface area contributed by atoms with E-state index in [0.717, 1.165) is 12.8 Å². The van der Waals surface area contributed by atoms with Gasteiger partial charge in [0, 0.05) is 17.7 Å². The number of nitrogens with zero attached hydrogens (tertiary/aromatic N) is 1. The molecular formula is C20H18N2O5S. The molecule has 1 N–H and O–H groups in total. The van der Waals surface area contributed by atoms with Crippen molar-refractivity contribution in [2.45, 2.75) is 28.8 Å². The Labute approximate surface area is 162 Å². The highest BCUT2D eigenvalue weighted by atomic mass is 32.2. The van der Waals surface area contributed by atoms with Gasteiger partial charge in [0.1, 0.15) is 13.2 Å². The number of sulfone groups is 1. The fourth-order valence-electron chi connectivity index (χ4n) is 3.00. The van der Waals surface area contributed by atoms with Gasteiger partial charge in [-0.1, -0.05) is 18.2 Å². The van der Waals surface area contributed by atoms with E-state index in [1.807, 2.05) is 30.3 Å². The fraction of sp³-hybridized carbons (Fsp3) is 0.250. The van der Waals surface area contributed by atoms with Gasteiger partial charge >= 0.3 is 0 Å². The Morgan fingerprint density at radius 2 is 1.71 bits per heavy atom. The maximum Gasteiger partial charge on any atom is 0.234 e. The lowest BCUT2D eigenvalue weighted by molar-refractivity contribution is 0.171. The summed E-state index contributed by atoms with van der Waals surface area (Å²) in [5.74, 6) is 1.39. The van der Waals surface area contributed by atoms with Crippen molar-refractivity contribution in [1.29, 1.82) is 0 Å². The van der Waals surface area contributed by atoms with Gasteiger partial charge < -0.3 is 19.2 Å². The molecule has 0 spiro atoms. The van der Waals surface area contributed by atoms with E-state index in [9.17, 15) is 8.42 Å². The Balaban J connectivity index is 1.59. The average Bonchev–Trinajstić information content (AvgIpc) is 3.44. The summed E-state index contributed by atoms with van der Waals surface area (Å²) in [5.41, 5.74) is 0.713. The number of oxazole rings is 1. The minimum Gasteiger partial charge on any atom is -0.486 e. The van der Waals surface area contributed by atoms with Crippen molar-refractivity contribution in [2.75, 3.05) is 18.5 Å². The standard InChI is InChI=1S/C20H18N2O5S/c23-28(24,15-8-9-16-17(12-15)26-11-10-25-16)20-19(21-14-6-7-14)27-18(22-20)13-4-2-1-3-5-13/h1-5,8-9,12,14,21H,6-7,10-11H2. The van der Waals surface area contributed by atoms with Gasteiger partial charge in [0.2, 0.25) is 26.6 Å². The molecule has 2 heterocycles. The normalized spacial score (nSPS) is 16.0. The molecule has 0 bridgehead atoms. The first kappa shape index (κ1) is 17.1. The molecule has 1 aromatic heterocycles. The first-order valence-corrected chi connectivity index (χ1v) is 10.6. The Bertz CT molecular complexity index is 1120. The summed E-state index contributed by atoms with van der Waals surface area (Å²) < 4.78 is 43.5. The minimum absolute atomic E-state index is 0.0866. The Kier molecular flexibility index (Phi) is 4.01. The SMILES string of the molecule is O=S(=O)(c1ccc2c(c1)OCCO2)c1nc(-c2ccccc2)oc1NC1CC1. The number of fused-ring (bicyclic) bond motifs is 1. The van der Waals surface area contributed by atoms with Crippen molar-refractivity contribution in [3.8, 4) is 23.0 Å². The maximum absolute atomic E-state index is 13.3. The molecule has 5 rings (SSSR count). The topological polar surface area (TPSA) is 90.7 Å². The summed E-state index contributed by atoms with van der Waals surface area (Å²) >= 11 is 0. The van der Waals surface area contributed by atoms with Crippen molar-refractivity contribution in [2.24, 2.45) is 0 Å². The smallest absolute Gasteiger partial charge is 0.234 e. The van der Waals surface area contributed by atoms with E-state index in [2.05, 4.69) is 10.3 Å². The van der Waals surface area contributed by atoms with Crippen LogP contribution >= 0.6 is 0 Å². The molecule has 3 aromatic rings. The van der Waals surface area contributed by atoms with Crippen molar-refractivity contribution in [1.82, 2.24) is 4.98 Å². The van der Waals surface area contributed by atoms with E-state index in [1.165, 1.54) is 12.1 Å². The van der Waals surface area contributed by atoms with E-state index < -0.39 is 9.84 Å². The quantitative estimate of drug-likeness (QED) is 0.703. The lowest BCUT2D eigenvalue weighted by atomic mass is 10.2. The monoisotopic (exact) mass is 398 g/mol. The number of ether oxygens (including phenoxy) is 2. The van der Waals surface area contributed by atoms with E-state index in [1.54, 1.807) is 6.07 Å². The molecule has 1 saturated carbocycles. The number of hydrogen-bond acceptors (Lipinski definition) is 7. The van der Waals surface area contributed by atoms with Gasteiger partial charge in [-0.2, -0.15) is 4.98 Å². The highest BCUT2D eigenvalue weighted by Crippen LogP contribution is 2.38. The molecule has 0 unspecified atom stereocenters. The predicted octanol–water partition coefficient (Wildman–Crippen LogP) is 3.52. The second kappa shape index (κ2) is 6.56. The largest absolute Gasteiger partial charge is 0.486 e. The second-order valence-corrected chi connectivity index (χ2v) is 8.61. The first-order valence-electron chi connectivity index (χ1n) is 9.09. The molecule has 2 aromatic carbocycles. The number of hydrogen-bond donors (Lipinski definition) is 1. The summed E-state index contributed by atoms with van der Waals surface area (Å²) in [4.78, 5) is 4.42. The molecule has 0 atom stereocenters. The number of nitrogens with one attached hydrogen (secondary N) is 1.